The highest BCUT2D eigenvalue weighted by molar-refractivity contribution is 6.55. The van der Waals surface area contributed by atoms with Gasteiger partial charge in [0.2, 0.25) is 0 Å². The Balaban J connectivity index is 3.26. The fraction of sp³-hybridized carbons (Fsp3) is 0.273. The maximum atomic E-state index is 3.84. The van der Waals surface area contributed by atoms with Crippen LogP contribution in [-0.4, -0.2) is 23.6 Å². The number of rotatable bonds is 3. The van der Waals surface area contributed by atoms with Crippen LogP contribution in [0.3, 0.4) is 0 Å². The van der Waals surface area contributed by atoms with Gasteiger partial charge in [0.05, 0.1) is 9.52 Å². The van der Waals surface area contributed by atoms with Crippen LogP contribution < -0.4 is 10.1 Å². The predicted octanol–water partition coefficient (Wildman–Crippen LogP) is 1.24. The summed E-state index contributed by atoms with van der Waals surface area (Å²) in [6.45, 7) is 6.16. The van der Waals surface area contributed by atoms with Gasteiger partial charge in [-0.15, -0.1) is 0 Å². The van der Waals surface area contributed by atoms with Gasteiger partial charge in [-0.3, -0.25) is 0 Å². The summed E-state index contributed by atoms with van der Waals surface area (Å²) in [4.78, 5) is 2.18. The fourth-order valence-corrected chi connectivity index (χ4v) is 3.05. The van der Waals surface area contributed by atoms with Gasteiger partial charge >= 0.3 is 0 Å². The monoisotopic (exact) mass is 191 g/mol. The van der Waals surface area contributed by atoms with Crippen LogP contribution in [-0.2, 0) is 0 Å². The number of hydrogen-bond donors (Lipinski definition) is 0. The second-order valence-electron chi connectivity index (χ2n) is 3.30. The van der Waals surface area contributed by atoms with E-state index in [-0.39, 0.29) is 9.52 Å². The van der Waals surface area contributed by atoms with E-state index in [1.54, 1.807) is 0 Å². The first kappa shape index (κ1) is 10.1. The Morgan fingerprint density at radius 1 is 1.38 bits per heavy atom. The largest absolute Gasteiger partial charge is 0.378 e. The standard InChI is InChI=1S/C11H17NSi/c1-5-9-7-6-8-10(12(2)3)11(9)13-4/h5-8H,1,13H2,2-4H3. The van der Waals surface area contributed by atoms with E-state index in [9.17, 15) is 0 Å². The lowest BCUT2D eigenvalue weighted by Crippen LogP contribution is -2.24. The van der Waals surface area contributed by atoms with Gasteiger partial charge in [0.1, 0.15) is 0 Å². The molecule has 0 amide bonds. The van der Waals surface area contributed by atoms with Crippen molar-refractivity contribution >= 4 is 26.5 Å². The van der Waals surface area contributed by atoms with Crippen molar-refractivity contribution in [1.82, 2.24) is 0 Å². The molecular formula is C11H17NSi. The lowest BCUT2D eigenvalue weighted by Gasteiger charge is -2.18. The Hall–Kier alpha value is -1.02. The van der Waals surface area contributed by atoms with Gasteiger partial charge in [-0.2, -0.15) is 0 Å². The molecule has 0 N–H and O–H groups in total. The van der Waals surface area contributed by atoms with Crippen LogP contribution in [0.15, 0.2) is 24.8 Å². The van der Waals surface area contributed by atoms with Crippen molar-refractivity contribution in [2.75, 3.05) is 19.0 Å². The smallest absolute Gasteiger partial charge is 0.0552 e. The van der Waals surface area contributed by atoms with Crippen molar-refractivity contribution in [1.29, 1.82) is 0 Å². The van der Waals surface area contributed by atoms with Crippen LogP contribution in [0.5, 0.6) is 0 Å². The molecule has 1 rings (SSSR count). The van der Waals surface area contributed by atoms with Crippen LogP contribution in [0.4, 0.5) is 5.69 Å². The summed E-state index contributed by atoms with van der Waals surface area (Å²) in [5, 5.41) is 1.52. The summed E-state index contributed by atoms with van der Waals surface area (Å²) in [5.74, 6) is 0. The molecule has 0 aliphatic carbocycles. The minimum atomic E-state index is -0.133. The number of benzene rings is 1. The van der Waals surface area contributed by atoms with Crippen molar-refractivity contribution in [2.45, 2.75) is 6.55 Å². The summed E-state index contributed by atoms with van der Waals surface area (Å²) < 4.78 is 0. The molecule has 0 heterocycles. The zero-order valence-electron chi connectivity index (χ0n) is 8.67. The zero-order valence-corrected chi connectivity index (χ0v) is 10.1. The SMILES string of the molecule is C=Cc1cccc(N(C)C)c1[SiH2]C. The molecule has 0 saturated heterocycles. The molecule has 1 aromatic carbocycles. The number of hydrogen-bond acceptors (Lipinski definition) is 1. The van der Waals surface area contributed by atoms with Crippen LogP contribution in [0.1, 0.15) is 5.56 Å². The average Bonchev–Trinajstić information content (AvgIpc) is 2.16. The summed E-state index contributed by atoms with van der Waals surface area (Å²) in [7, 11) is 4.05. The fourth-order valence-electron chi connectivity index (χ4n) is 1.59. The van der Waals surface area contributed by atoms with Gasteiger partial charge in [0.15, 0.2) is 0 Å². The van der Waals surface area contributed by atoms with Gasteiger partial charge in [0.25, 0.3) is 0 Å². The molecule has 1 aromatic rings. The highest BCUT2D eigenvalue weighted by atomic mass is 28.2. The predicted molar refractivity (Wildman–Crippen MR) is 64.9 cm³/mol. The van der Waals surface area contributed by atoms with E-state index in [4.69, 9.17) is 0 Å². The first-order valence-electron chi connectivity index (χ1n) is 4.62. The third-order valence-corrected chi connectivity index (χ3v) is 3.72. The van der Waals surface area contributed by atoms with Gasteiger partial charge in [-0.25, -0.2) is 0 Å². The molecule has 2 heteroatoms. The van der Waals surface area contributed by atoms with E-state index in [1.807, 2.05) is 6.08 Å². The maximum absolute atomic E-state index is 3.84. The van der Waals surface area contributed by atoms with Crippen molar-refractivity contribution in [2.24, 2.45) is 0 Å². The minimum Gasteiger partial charge on any atom is -0.378 e. The normalized spacial score (nSPS) is 10.7. The lowest BCUT2D eigenvalue weighted by atomic mass is 10.2. The second-order valence-corrected chi connectivity index (χ2v) is 4.71. The molecule has 0 radical (unpaired) electrons. The van der Waals surface area contributed by atoms with Crippen molar-refractivity contribution < 1.29 is 0 Å². The third-order valence-electron chi connectivity index (χ3n) is 2.24. The molecule has 0 aliphatic heterocycles. The molecule has 13 heavy (non-hydrogen) atoms. The van der Waals surface area contributed by atoms with Gasteiger partial charge in [0, 0.05) is 19.8 Å². The topological polar surface area (TPSA) is 3.24 Å². The second kappa shape index (κ2) is 4.28. The summed E-state index contributed by atoms with van der Waals surface area (Å²) >= 11 is 0. The summed E-state index contributed by atoms with van der Waals surface area (Å²) in [6.07, 6.45) is 1.96. The Kier molecular flexibility index (Phi) is 3.31. The zero-order chi connectivity index (χ0) is 9.84. The molecule has 0 unspecified atom stereocenters. The average molecular weight is 191 g/mol. The molecule has 0 spiro atoms. The van der Waals surface area contributed by atoms with E-state index in [0.29, 0.717) is 0 Å². The lowest BCUT2D eigenvalue weighted by molar-refractivity contribution is 1.14. The number of nitrogens with zero attached hydrogens (tertiary/aromatic N) is 1. The van der Waals surface area contributed by atoms with E-state index in [0.717, 1.165) is 0 Å². The van der Waals surface area contributed by atoms with Crippen molar-refractivity contribution in [3.05, 3.63) is 30.3 Å². The summed E-state index contributed by atoms with van der Waals surface area (Å²) in [6, 6.07) is 6.42. The van der Waals surface area contributed by atoms with Crippen molar-refractivity contribution in [3.63, 3.8) is 0 Å². The molecule has 0 bridgehead atoms. The molecule has 0 fully saturated rings. The molecule has 0 aliphatic rings. The van der Waals surface area contributed by atoms with Gasteiger partial charge < -0.3 is 4.90 Å². The first-order valence-corrected chi connectivity index (χ1v) is 6.74. The van der Waals surface area contributed by atoms with Crippen LogP contribution in [0.2, 0.25) is 6.55 Å². The van der Waals surface area contributed by atoms with Crippen molar-refractivity contribution in [3.8, 4) is 0 Å². The Bertz CT molecular complexity index is 305. The number of anilines is 1. The summed E-state index contributed by atoms with van der Waals surface area (Å²) in [5.41, 5.74) is 2.66. The third kappa shape index (κ3) is 2.01. The quantitative estimate of drug-likeness (QED) is 0.650. The van der Waals surface area contributed by atoms with Gasteiger partial charge in [-0.1, -0.05) is 31.3 Å². The highest BCUT2D eigenvalue weighted by Gasteiger charge is 2.05. The highest BCUT2D eigenvalue weighted by Crippen LogP contribution is 2.11. The van der Waals surface area contributed by atoms with Crippen LogP contribution in [0, 0.1) is 0 Å². The van der Waals surface area contributed by atoms with Crippen LogP contribution in [0.25, 0.3) is 6.08 Å². The first-order chi connectivity index (χ1) is 6.20. The molecule has 0 saturated carbocycles. The molecule has 0 atom stereocenters. The molecule has 70 valence electrons. The Morgan fingerprint density at radius 3 is 2.54 bits per heavy atom. The van der Waals surface area contributed by atoms with E-state index < -0.39 is 0 Å². The van der Waals surface area contributed by atoms with E-state index >= 15 is 0 Å². The maximum Gasteiger partial charge on any atom is 0.0552 e. The Morgan fingerprint density at radius 2 is 2.08 bits per heavy atom. The van der Waals surface area contributed by atoms with Gasteiger partial charge in [-0.05, 0) is 16.8 Å². The van der Waals surface area contributed by atoms with E-state index in [2.05, 4.69) is 50.3 Å². The molecular weight excluding hydrogens is 174 g/mol. The van der Waals surface area contributed by atoms with Crippen LogP contribution >= 0.6 is 0 Å². The Labute approximate surface area is 82.9 Å². The molecule has 1 nitrogen and oxygen atoms in total. The molecule has 0 aromatic heterocycles. The minimum absolute atomic E-state index is 0.133. The van der Waals surface area contributed by atoms with E-state index in [1.165, 1.54) is 16.4 Å².